The highest BCUT2D eigenvalue weighted by molar-refractivity contribution is 7.15. The molecule has 1 amide bonds. The largest absolute Gasteiger partial charge is 0.497 e. The van der Waals surface area contributed by atoms with Gasteiger partial charge in [-0.25, -0.2) is 4.79 Å². The van der Waals surface area contributed by atoms with Gasteiger partial charge in [0.1, 0.15) is 17.3 Å². The topological polar surface area (TPSA) is 69.1 Å². The van der Waals surface area contributed by atoms with Gasteiger partial charge in [-0.15, -0.1) is 11.3 Å². The number of anilines is 1. The summed E-state index contributed by atoms with van der Waals surface area (Å²) in [4.78, 5) is 26.0. The summed E-state index contributed by atoms with van der Waals surface area (Å²) in [7, 11) is 3.61. The number of amides is 1. The number of ether oxygens (including phenoxy) is 2. The zero-order valence-corrected chi connectivity index (χ0v) is 17.4. The lowest BCUT2D eigenvalue weighted by Gasteiger charge is -2.14. The van der Waals surface area contributed by atoms with E-state index in [4.69, 9.17) is 9.47 Å². The molecule has 1 aliphatic carbocycles. The second kappa shape index (κ2) is 9.21. The first-order valence-electron chi connectivity index (χ1n) is 9.54. The van der Waals surface area contributed by atoms with Crippen LogP contribution in [-0.2, 0) is 16.1 Å². The molecule has 1 fully saturated rings. The predicted octanol–water partition coefficient (Wildman–Crippen LogP) is 2.46. The molecule has 28 heavy (non-hydrogen) atoms. The van der Waals surface area contributed by atoms with E-state index in [1.807, 2.05) is 36.7 Å². The molecule has 1 heterocycles. The van der Waals surface area contributed by atoms with Crippen molar-refractivity contribution in [2.24, 2.45) is 0 Å². The SMILES string of the molecule is CCOC(=O)c1c(C2CC2)csc1NC(=O)C[NH+](C)Cc1ccc(OC)cc1. The molecule has 6 nitrogen and oxygen atoms in total. The third kappa shape index (κ3) is 5.11. The van der Waals surface area contributed by atoms with Crippen LogP contribution < -0.4 is 15.0 Å². The number of carbonyl (C=O) groups is 2. The van der Waals surface area contributed by atoms with Gasteiger partial charge in [-0.05, 0) is 60.9 Å². The Hall–Kier alpha value is -2.38. The number of likely N-dealkylation sites (N-methyl/N-ethyl adjacent to an activating group) is 1. The Morgan fingerprint density at radius 2 is 1.96 bits per heavy atom. The minimum atomic E-state index is -0.347. The highest BCUT2D eigenvalue weighted by Gasteiger charge is 2.32. The first kappa shape index (κ1) is 20.4. The summed E-state index contributed by atoms with van der Waals surface area (Å²) in [5.74, 6) is 0.778. The smallest absolute Gasteiger partial charge is 0.341 e. The van der Waals surface area contributed by atoms with E-state index in [9.17, 15) is 9.59 Å². The number of benzene rings is 1. The zero-order valence-electron chi connectivity index (χ0n) is 16.5. The van der Waals surface area contributed by atoms with Crippen LogP contribution in [0.2, 0.25) is 0 Å². The molecule has 2 N–H and O–H groups in total. The second-order valence-corrected chi connectivity index (χ2v) is 7.98. The number of methoxy groups -OCH3 is 1. The number of hydrogen-bond acceptors (Lipinski definition) is 5. The fraction of sp³-hybridized carbons (Fsp3) is 0.429. The summed E-state index contributed by atoms with van der Waals surface area (Å²) in [6.07, 6.45) is 2.18. The van der Waals surface area contributed by atoms with E-state index in [2.05, 4.69) is 5.32 Å². The Labute approximate surface area is 169 Å². The van der Waals surface area contributed by atoms with Crippen LogP contribution in [0.1, 0.15) is 47.2 Å². The predicted molar refractivity (Wildman–Crippen MR) is 109 cm³/mol. The van der Waals surface area contributed by atoms with Crippen LogP contribution in [-0.4, -0.2) is 39.2 Å². The van der Waals surface area contributed by atoms with E-state index in [0.717, 1.165) is 41.2 Å². The normalized spacial score (nSPS) is 14.4. The lowest BCUT2D eigenvalue weighted by Crippen LogP contribution is -3.08. The van der Waals surface area contributed by atoms with Crippen LogP contribution in [0.4, 0.5) is 5.00 Å². The molecule has 7 heteroatoms. The van der Waals surface area contributed by atoms with Crippen molar-refractivity contribution in [3.63, 3.8) is 0 Å². The lowest BCUT2D eigenvalue weighted by atomic mass is 10.1. The molecule has 1 aliphatic rings. The molecule has 0 spiro atoms. The minimum absolute atomic E-state index is 0.110. The number of esters is 1. The summed E-state index contributed by atoms with van der Waals surface area (Å²) in [5.41, 5.74) is 2.68. The molecule has 1 atom stereocenters. The Morgan fingerprint density at radius 3 is 2.57 bits per heavy atom. The maximum absolute atomic E-state index is 12.5. The highest BCUT2D eigenvalue weighted by Crippen LogP contribution is 2.46. The van der Waals surface area contributed by atoms with Crippen molar-refractivity contribution in [1.82, 2.24) is 0 Å². The number of thiophene rings is 1. The summed E-state index contributed by atoms with van der Waals surface area (Å²) in [5, 5.41) is 5.51. The molecule has 1 unspecified atom stereocenters. The molecule has 2 aromatic rings. The minimum Gasteiger partial charge on any atom is -0.497 e. The standard InChI is InChI=1S/C21H26N2O4S/c1-4-27-21(25)19-17(15-7-8-15)13-28-20(19)22-18(24)12-23(2)11-14-5-9-16(26-3)10-6-14/h5-6,9-10,13,15H,4,7-8,11-12H2,1-3H3,(H,22,24)/p+1. The van der Waals surface area contributed by atoms with Gasteiger partial charge in [-0.2, -0.15) is 0 Å². The molecule has 0 radical (unpaired) electrons. The van der Waals surface area contributed by atoms with Crippen molar-refractivity contribution in [2.75, 3.05) is 32.6 Å². The summed E-state index contributed by atoms with van der Waals surface area (Å²) in [6.45, 7) is 3.14. The molecular weight excluding hydrogens is 376 g/mol. The number of hydrogen-bond donors (Lipinski definition) is 2. The van der Waals surface area contributed by atoms with Gasteiger partial charge in [0.25, 0.3) is 5.91 Å². The molecule has 0 bridgehead atoms. The van der Waals surface area contributed by atoms with Gasteiger partial charge in [0, 0.05) is 5.56 Å². The van der Waals surface area contributed by atoms with E-state index in [1.54, 1.807) is 14.0 Å². The van der Waals surface area contributed by atoms with E-state index < -0.39 is 0 Å². The fourth-order valence-electron chi connectivity index (χ4n) is 3.17. The van der Waals surface area contributed by atoms with Crippen molar-refractivity contribution in [3.05, 3.63) is 46.3 Å². The van der Waals surface area contributed by atoms with Crippen LogP contribution in [0.3, 0.4) is 0 Å². The molecule has 0 saturated heterocycles. The molecule has 3 rings (SSSR count). The average Bonchev–Trinajstić information content (AvgIpc) is 3.43. The Kier molecular flexibility index (Phi) is 6.70. The van der Waals surface area contributed by atoms with Crippen molar-refractivity contribution in [1.29, 1.82) is 0 Å². The van der Waals surface area contributed by atoms with Crippen molar-refractivity contribution >= 4 is 28.2 Å². The van der Waals surface area contributed by atoms with E-state index in [0.29, 0.717) is 29.6 Å². The van der Waals surface area contributed by atoms with Crippen molar-refractivity contribution in [2.45, 2.75) is 32.2 Å². The average molecular weight is 404 g/mol. The van der Waals surface area contributed by atoms with Gasteiger partial charge in [0.2, 0.25) is 0 Å². The van der Waals surface area contributed by atoms with Gasteiger partial charge >= 0.3 is 5.97 Å². The monoisotopic (exact) mass is 403 g/mol. The number of carbonyl (C=O) groups excluding carboxylic acids is 2. The molecule has 150 valence electrons. The van der Waals surface area contributed by atoms with Gasteiger partial charge in [-0.3, -0.25) is 4.79 Å². The summed E-state index contributed by atoms with van der Waals surface area (Å²) < 4.78 is 10.4. The Bertz CT molecular complexity index is 827. The van der Waals surface area contributed by atoms with E-state index in [1.165, 1.54) is 11.3 Å². The third-order valence-electron chi connectivity index (χ3n) is 4.70. The summed E-state index contributed by atoms with van der Waals surface area (Å²) in [6, 6.07) is 7.83. The quantitative estimate of drug-likeness (QED) is 0.631. The van der Waals surface area contributed by atoms with Gasteiger partial charge in [0.05, 0.1) is 26.3 Å². The molecule has 1 aromatic heterocycles. The fourth-order valence-corrected chi connectivity index (χ4v) is 4.22. The van der Waals surface area contributed by atoms with Crippen molar-refractivity contribution < 1.29 is 24.0 Å². The maximum Gasteiger partial charge on any atom is 0.341 e. The van der Waals surface area contributed by atoms with E-state index in [-0.39, 0.29) is 11.9 Å². The van der Waals surface area contributed by atoms with Crippen LogP contribution in [0.25, 0.3) is 0 Å². The first-order chi connectivity index (χ1) is 13.5. The molecular formula is C21H27N2O4S+. The Morgan fingerprint density at radius 1 is 1.25 bits per heavy atom. The molecule has 0 aliphatic heterocycles. The number of quaternary nitrogens is 1. The first-order valence-corrected chi connectivity index (χ1v) is 10.4. The van der Waals surface area contributed by atoms with Gasteiger partial charge in [-0.1, -0.05) is 0 Å². The maximum atomic E-state index is 12.5. The third-order valence-corrected chi connectivity index (χ3v) is 5.61. The lowest BCUT2D eigenvalue weighted by molar-refractivity contribution is -0.885. The van der Waals surface area contributed by atoms with Gasteiger partial charge < -0.3 is 19.7 Å². The van der Waals surface area contributed by atoms with Crippen LogP contribution in [0, 0.1) is 0 Å². The van der Waals surface area contributed by atoms with Crippen LogP contribution in [0.5, 0.6) is 5.75 Å². The van der Waals surface area contributed by atoms with Gasteiger partial charge in [0.15, 0.2) is 6.54 Å². The van der Waals surface area contributed by atoms with E-state index >= 15 is 0 Å². The zero-order chi connectivity index (χ0) is 20.1. The number of rotatable bonds is 9. The van der Waals surface area contributed by atoms with Crippen molar-refractivity contribution in [3.8, 4) is 5.75 Å². The molecule has 1 aromatic carbocycles. The highest BCUT2D eigenvalue weighted by atomic mass is 32.1. The number of nitrogens with one attached hydrogen (secondary N) is 2. The van der Waals surface area contributed by atoms with Crippen LogP contribution >= 0.6 is 11.3 Å². The van der Waals surface area contributed by atoms with Crippen LogP contribution in [0.15, 0.2) is 29.6 Å². The second-order valence-electron chi connectivity index (χ2n) is 7.10. The Balaban J connectivity index is 1.61. The molecule has 1 saturated carbocycles. The summed E-state index contributed by atoms with van der Waals surface area (Å²) >= 11 is 1.41.